The average molecular weight is 446 g/mol. The topological polar surface area (TPSA) is 127 Å². The fraction of sp³-hybridized carbons (Fsp3) is 0.680. The lowest BCUT2D eigenvalue weighted by Crippen LogP contribution is -2.32. The van der Waals surface area contributed by atoms with Gasteiger partial charge >= 0.3 is 0 Å². The molecule has 0 aliphatic heterocycles. The number of aliphatic imine (C=N–C) groups is 2. The molecule has 0 aliphatic carbocycles. The maximum atomic E-state index is 5.92. The highest BCUT2D eigenvalue weighted by atomic mass is 15.1. The van der Waals surface area contributed by atoms with Crippen LogP contribution in [-0.4, -0.2) is 38.1 Å². The number of benzene rings is 1. The zero-order chi connectivity index (χ0) is 23.1. The Bertz CT molecular complexity index is 598. The summed E-state index contributed by atoms with van der Waals surface area (Å²) in [5, 5.41) is 6.79. The maximum absolute atomic E-state index is 5.92. The van der Waals surface area contributed by atoms with E-state index in [-0.39, 0.29) is 5.96 Å². The predicted octanol–water partition coefficient (Wildman–Crippen LogP) is 3.64. The molecule has 0 unspecified atom stereocenters. The van der Waals surface area contributed by atoms with Gasteiger partial charge in [-0.25, -0.2) is 4.99 Å². The van der Waals surface area contributed by atoms with Crippen molar-refractivity contribution in [1.82, 2.24) is 10.6 Å². The summed E-state index contributed by atoms with van der Waals surface area (Å²) < 4.78 is 0. The summed E-state index contributed by atoms with van der Waals surface area (Å²) in [6.07, 6.45) is 15.1. The fourth-order valence-corrected chi connectivity index (χ4v) is 3.52. The van der Waals surface area contributed by atoms with Crippen molar-refractivity contribution in [3.63, 3.8) is 0 Å². The first-order chi connectivity index (χ1) is 15.7. The van der Waals surface area contributed by atoms with Crippen molar-refractivity contribution in [3.8, 4) is 0 Å². The molecule has 1 rings (SSSR count). The van der Waals surface area contributed by atoms with Gasteiger partial charge in [0.2, 0.25) is 0 Å². The van der Waals surface area contributed by atoms with Crippen molar-refractivity contribution >= 4 is 11.9 Å². The lowest BCUT2D eigenvalue weighted by molar-refractivity contribution is 0.539. The second kappa shape index (κ2) is 20.6. The van der Waals surface area contributed by atoms with Gasteiger partial charge in [-0.15, -0.1) is 0 Å². The molecule has 0 aliphatic rings. The Labute approximate surface area is 195 Å². The van der Waals surface area contributed by atoms with Gasteiger partial charge in [0.1, 0.15) is 0 Å². The SMILES string of the molecule is NC(N)=NCCCCCCCCNCCCCCCCCNC(N)=NCc1ccccc1. The minimum atomic E-state index is 0.204. The Morgan fingerprint density at radius 2 is 1.16 bits per heavy atom. The third kappa shape index (κ3) is 18.5. The summed E-state index contributed by atoms with van der Waals surface area (Å²) in [5.41, 5.74) is 17.7. The van der Waals surface area contributed by atoms with E-state index in [1.54, 1.807) is 0 Å². The van der Waals surface area contributed by atoms with Crippen LogP contribution in [0.2, 0.25) is 0 Å². The summed E-state index contributed by atoms with van der Waals surface area (Å²) in [6, 6.07) is 10.2. The smallest absolute Gasteiger partial charge is 0.188 e. The van der Waals surface area contributed by atoms with E-state index in [0.29, 0.717) is 12.5 Å². The standard InChI is InChI=1S/C25H47N7/c26-24(27)30-20-14-7-3-1-5-12-18-29-19-13-6-2-4-8-15-21-31-25(28)32-22-23-16-10-9-11-17-23/h9-11,16-17,29H,1-8,12-15,18-22H2,(H4,26,27,30)(H3,28,31,32). The van der Waals surface area contributed by atoms with Gasteiger partial charge in [0.25, 0.3) is 0 Å². The molecule has 7 nitrogen and oxygen atoms in total. The van der Waals surface area contributed by atoms with Crippen molar-refractivity contribution in [2.24, 2.45) is 27.2 Å². The van der Waals surface area contributed by atoms with Gasteiger partial charge in [0.15, 0.2) is 11.9 Å². The van der Waals surface area contributed by atoms with Gasteiger partial charge in [-0.2, -0.15) is 0 Å². The molecule has 0 amide bonds. The number of hydrogen-bond acceptors (Lipinski definition) is 3. The molecule has 32 heavy (non-hydrogen) atoms. The molecule has 8 N–H and O–H groups in total. The van der Waals surface area contributed by atoms with Crippen molar-refractivity contribution in [1.29, 1.82) is 0 Å². The Hall–Kier alpha value is -2.28. The first-order valence-corrected chi connectivity index (χ1v) is 12.5. The Kier molecular flexibility index (Phi) is 17.9. The normalized spacial score (nSPS) is 11.4. The van der Waals surface area contributed by atoms with Crippen LogP contribution in [0.15, 0.2) is 40.3 Å². The first kappa shape index (κ1) is 27.8. The number of guanidine groups is 2. The van der Waals surface area contributed by atoms with Gasteiger partial charge in [-0.1, -0.05) is 81.7 Å². The Balaban J connectivity index is 1.76. The molecule has 0 bridgehead atoms. The predicted molar refractivity (Wildman–Crippen MR) is 139 cm³/mol. The van der Waals surface area contributed by atoms with Gasteiger partial charge < -0.3 is 27.8 Å². The third-order valence-corrected chi connectivity index (χ3v) is 5.42. The van der Waals surface area contributed by atoms with Crippen LogP contribution in [0.5, 0.6) is 0 Å². The molecule has 0 saturated heterocycles. The first-order valence-electron chi connectivity index (χ1n) is 12.5. The summed E-state index contributed by atoms with van der Waals surface area (Å²) in [6.45, 7) is 4.60. The van der Waals surface area contributed by atoms with Crippen LogP contribution < -0.4 is 27.8 Å². The van der Waals surface area contributed by atoms with Crippen LogP contribution in [-0.2, 0) is 6.54 Å². The van der Waals surface area contributed by atoms with Crippen LogP contribution in [0.25, 0.3) is 0 Å². The minimum absolute atomic E-state index is 0.204. The molecule has 0 saturated carbocycles. The third-order valence-electron chi connectivity index (χ3n) is 5.42. The van der Waals surface area contributed by atoms with Gasteiger partial charge in [0, 0.05) is 13.1 Å². The Morgan fingerprint density at radius 1 is 0.625 bits per heavy atom. The summed E-state index contributed by atoms with van der Waals surface area (Å²) in [4.78, 5) is 8.38. The van der Waals surface area contributed by atoms with E-state index in [9.17, 15) is 0 Å². The van der Waals surface area contributed by atoms with Crippen LogP contribution >= 0.6 is 0 Å². The molecule has 0 atom stereocenters. The summed E-state index contributed by atoms with van der Waals surface area (Å²) in [7, 11) is 0. The van der Waals surface area contributed by atoms with Crippen molar-refractivity contribution < 1.29 is 0 Å². The molecule has 0 spiro atoms. The largest absolute Gasteiger partial charge is 0.370 e. The van der Waals surface area contributed by atoms with Crippen LogP contribution in [0.3, 0.4) is 0 Å². The molecule has 1 aromatic carbocycles. The van der Waals surface area contributed by atoms with Crippen molar-refractivity contribution in [2.45, 2.75) is 83.6 Å². The molecular formula is C25H47N7. The van der Waals surface area contributed by atoms with Crippen LogP contribution in [0.4, 0.5) is 0 Å². The number of nitrogens with one attached hydrogen (secondary N) is 2. The highest BCUT2D eigenvalue weighted by Gasteiger charge is 1.96. The van der Waals surface area contributed by atoms with Gasteiger partial charge in [-0.3, -0.25) is 4.99 Å². The van der Waals surface area contributed by atoms with E-state index in [2.05, 4.69) is 32.8 Å². The second-order valence-electron chi connectivity index (χ2n) is 8.41. The zero-order valence-corrected chi connectivity index (χ0v) is 20.0. The quantitative estimate of drug-likeness (QED) is 0.119. The Morgan fingerprint density at radius 3 is 1.75 bits per heavy atom. The number of nitrogens with two attached hydrogens (primary N) is 3. The zero-order valence-electron chi connectivity index (χ0n) is 20.0. The maximum Gasteiger partial charge on any atom is 0.188 e. The minimum Gasteiger partial charge on any atom is -0.370 e. The number of nitrogens with zero attached hydrogens (tertiary/aromatic N) is 2. The van der Waals surface area contributed by atoms with Crippen molar-refractivity contribution in [2.75, 3.05) is 26.2 Å². The van der Waals surface area contributed by atoms with E-state index in [4.69, 9.17) is 17.2 Å². The number of hydrogen-bond donors (Lipinski definition) is 5. The van der Waals surface area contributed by atoms with Crippen molar-refractivity contribution in [3.05, 3.63) is 35.9 Å². The molecule has 0 fully saturated rings. The van der Waals surface area contributed by atoms with E-state index >= 15 is 0 Å². The van der Waals surface area contributed by atoms with E-state index in [1.807, 2.05) is 18.2 Å². The molecule has 0 aromatic heterocycles. The number of rotatable bonds is 20. The molecule has 182 valence electrons. The fourth-order valence-electron chi connectivity index (χ4n) is 3.52. The summed E-state index contributed by atoms with van der Waals surface area (Å²) in [5.74, 6) is 0.748. The van der Waals surface area contributed by atoms with E-state index in [1.165, 1.54) is 69.8 Å². The monoisotopic (exact) mass is 445 g/mol. The lowest BCUT2D eigenvalue weighted by Gasteiger charge is -2.07. The second-order valence-corrected chi connectivity index (χ2v) is 8.41. The van der Waals surface area contributed by atoms with Gasteiger partial charge in [0.05, 0.1) is 6.54 Å². The lowest BCUT2D eigenvalue weighted by atomic mass is 10.1. The average Bonchev–Trinajstić information content (AvgIpc) is 2.79. The highest BCUT2D eigenvalue weighted by Crippen LogP contribution is 2.06. The van der Waals surface area contributed by atoms with Crippen LogP contribution in [0.1, 0.15) is 82.6 Å². The molecule has 0 heterocycles. The molecular weight excluding hydrogens is 398 g/mol. The van der Waals surface area contributed by atoms with Crippen LogP contribution in [0, 0.1) is 0 Å². The molecule has 1 aromatic rings. The van der Waals surface area contributed by atoms with E-state index in [0.717, 1.165) is 39.0 Å². The summed E-state index contributed by atoms with van der Waals surface area (Å²) >= 11 is 0. The molecule has 0 radical (unpaired) electrons. The van der Waals surface area contributed by atoms with E-state index < -0.39 is 0 Å². The number of unbranched alkanes of at least 4 members (excludes halogenated alkanes) is 10. The van der Waals surface area contributed by atoms with Gasteiger partial charge in [-0.05, 0) is 44.3 Å². The molecule has 7 heteroatoms. The highest BCUT2D eigenvalue weighted by molar-refractivity contribution is 5.77.